The van der Waals surface area contributed by atoms with E-state index in [1.165, 1.54) is 6.07 Å². The SMILES string of the molecule is CN(CC(=O)Nc1ccc(F)cc1F)C1CNC1. The van der Waals surface area contributed by atoms with Gasteiger partial charge in [-0.2, -0.15) is 0 Å². The zero-order valence-electron chi connectivity index (χ0n) is 10.0. The molecule has 18 heavy (non-hydrogen) atoms. The maximum atomic E-state index is 13.3. The summed E-state index contributed by atoms with van der Waals surface area (Å²) in [6.45, 7) is 1.90. The van der Waals surface area contributed by atoms with Gasteiger partial charge in [0.2, 0.25) is 5.91 Å². The first-order valence-electron chi connectivity index (χ1n) is 5.72. The first-order chi connectivity index (χ1) is 8.56. The van der Waals surface area contributed by atoms with E-state index < -0.39 is 11.6 Å². The molecule has 4 nitrogen and oxygen atoms in total. The smallest absolute Gasteiger partial charge is 0.238 e. The van der Waals surface area contributed by atoms with Crippen molar-refractivity contribution in [3.05, 3.63) is 29.8 Å². The van der Waals surface area contributed by atoms with E-state index in [-0.39, 0.29) is 18.1 Å². The minimum absolute atomic E-state index is 0.00142. The second-order valence-corrected chi connectivity index (χ2v) is 4.40. The molecule has 2 N–H and O–H groups in total. The first kappa shape index (κ1) is 12.9. The number of nitrogens with zero attached hydrogens (tertiary/aromatic N) is 1. The van der Waals surface area contributed by atoms with Crippen molar-refractivity contribution in [1.29, 1.82) is 0 Å². The number of hydrogen-bond acceptors (Lipinski definition) is 3. The maximum absolute atomic E-state index is 13.3. The second-order valence-electron chi connectivity index (χ2n) is 4.40. The van der Waals surface area contributed by atoms with Gasteiger partial charge in [0, 0.05) is 25.2 Å². The highest BCUT2D eigenvalue weighted by Gasteiger charge is 2.23. The van der Waals surface area contributed by atoms with Crippen LogP contribution in [-0.4, -0.2) is 43.5 Å². The Morgan fingerprint density at radius 3 is 2.78 bits per heavy atom. The molecule has 1 saturated heterocycles. The lowest BCUT2D eigenvalue weighted by Crippen LogP contribution is -2.57. The number of carbonyl (C=O) groups excluding carboxylic acids is 1. The number of anilines is 1. The number of amides is 1. The summed E-state index contributed by atoms with van der Waals surface area (Å²) in [5, 5.41) is 5.53. The van der Waals surface area contributed by atoms with Gasteiger partial charge in [-0.15, -0.1) is 0 Å². The number of nitrogens with one attached hydrogen (secondary N) is 2. The van der Waals surface area contributed by atoms with E-state index in [0.717, 1.165) is 25.2 Å². The predicted octanol–water partition coefficient (Wildman–Crippen LogP) is 0.807. The van der Waals surface area contributed by atoms with Crippen molar-refractivity contribution in [3.8, 4) is 0 Å². The Morgan fingerprint density at radius 2 is 2.22 bits per heavy atom. The van der Waals surface area contributed by atoms with E-state index in [9.17, 15) is 13.6 Å². The van der Waals surface area contributed by atoms with Gasteiger partial charge in [0.05, 0.1) is 12.2 Å². The third-order valence-corrected chi connectivity index (χ3v) is 2.98. The second kappa shape index (κ2) is 5.41. The van der Waals surface area contributed by atoms with Crippen LogP contribution in [0.25, 0.3) is 0 Å². The topological polar surface area (TPSA) is 44.4 Å². The van der Waals surface area contributed by atoms with Gasteiger partial charge in [0.25, 0.3) is 0 Å². The van der Waals surface area contributed by atoms with Crippen molar-refractivity contribution in [2.45, 2.75) is 6.04 Å². The summed E-state index contributed by atoms with van der Waals surface area (Å²) in [5.41, 5.74) is 0.00142. The van der Waals surface area contributed by atoms with Crippen LogP contribution in [0, 0.1) is 11.6 Å². The fourth-order valence-corrected chi connectivity index (χ4v) is 1.72. The molecular formula is C12H15F2N3O. The molecule has 0 unspecified atom stereocenters. The van der Waals surface area contributed by atoms with Crippen molar-refractivity contribution < 1.29 is 13.6 Å². The third kappa shape index (κ3) is 3.02. The molecule has 0 radical (unpaired) electrons. The molecule has 98 valence electrons. The molecule has 0 aliphatic carbocycles. The number of likely N-dealkylation sites (N-methyl/N-ethyl adjacent to an activating group) is 1. The van der Waals surface area contributed by atoms with Crippen molar-refractivity contribution in [3.63, 3.8) is 0 Å². The average Bonchev–Trinajstić information content (AvgIpc) is 2.19. The summed E-state index contributed by atoms with van der Waals surface area (Å²) >= 11 is 0. The lowest BCUT2D eigenvalue weighted by molar-refractivity contribution is -0.117. The van der Waals surface area contributed by atoms with Crippen molar-refractivity contribution in [1.82, 2.24) is 10.2 Å². The van der Waals surface area contributed by atoms with Crippen LogP contribution in [0.15, 0.2) is 18.2 Å². The lowest BCUT2D eigenvalue weighted by Gasteiger charge is -2.35. The summed E-state index contributed by atoms with van der Waals surface area (Å²) in [6.07, 6.45) is 0. The molecule has 1 heterocycles. The van der Waals surface area contributed by atoms with Gasteiger partial charge in [0.1, 0.15) is 11.6 Å². The Hall–Kier alpha value is -1.53. The van der Waals surface area contributed by atoms with Gasteiger partial charge in [-0.05, 0) is 19.2 Å². The molecule has 1 aliphatic heterocycles. The van der Waals surface area contributed by atoms with Crippen molar-refractivity contribution in [2.75, 3.05) is 32.0 Å². The first-order valence-corrected chi connectivity index (χ1v) is 5.72. The Morgan fingerprint density at radius 1 is 1.50 bits per heavy atom. The molecule has 1 amide bonds. The number of benzene rings is 1. The van der Waals surface area contributed by atoms with Crippen LogP contribution in [-0.2, 0) is 4.79 Å². The highest BCUT2D eigenvalue weighted by atomic mass is 19.1. The Bertz CT molecular complexity index is 449. The number of halogens is 2. The molecule has 0 bridgehead atoms. The molecule has 2 rings (SSSR count). The van der Waals surface area contributed by atoms with Gasteiger partial charge < -0.3 is 10.6 Å². The van der Waals surface area contributed by atoms with Gasteiger partial charge in [-0.1, -0.05) is 0 Å². The van der Waals surface area contributed by atoms with Crippen LogP contribution in [0.2, 0.25) is 0 Å². The molecule has 1 aliphatic rings. The molecule has 0 aromatic heterocycles. The number of hydrogen-bond donors (Lipinski definition) is 2. The van der Waals surface area contributed by atoms with Crippen LogP contribution in [0.3, 0.4) is 0 Å². The quantitative estimate of drug-likeness (QED) is 0.836. The van der Waals surface area contributed by atoms with E-state index in [1.54, 1.807) is 0 Å². The van der Waals surface area contributed by atoms with Gasteiger partial charge in [-0.3, -0.25) is 9.69 Å². The Labute approximate surface area is 104 Å². The number of carbonyl (C=O) groups is 1. The monoisotopic (exact) mass is 255 g/mol. The third-order valence-electron chi connectivity index (χ3n) is 2.98. The Balaban J connectivity index is 1.90. The van der Waals surface area contributed by atoms with Gasteiger partial charge in [-0.25, -0.2) is 8.78 Å². The molecule has 1 fully saturated rings. The van der Waals surface area contributed by atoms with E-state index in [4.69, 9.17) is 0 Å². The fourth-order valence-electron chi connectivity index (χ4n) is 1.72. The molecule has 0 spiro atoms. The van der Waals surface area contributed by atoms with Crippen LogP contribution in [0.1, 0.15) is 0 Å². The lowest BCUT2D eigenvalue weighted by atomic mass is 10.1. The predicted molar refractivity (Wildman–Crippen MR) is 64.3 cm³/mol. The van der Waals surface area contributed by atoms with Crippen LogP contribution >= 0.6 is 0 Å². The molecule has 0 atom stereocenters. The molecule has 1 aromatic carbocycles. The van der Waals surface area contributed by atoms with Crippen molar-refractivity contribution >= 4 is 11.6 Å². The molecule has 6 heteroatoms. The summed E-state index contributed by atoms with van der Waals surface area (Å²) in [7, 11) is 1.84. The van der Waals surface area contributed by atoms with E-state index in [0.29, 0.717) is 6.04 Å². The maximum Gasteiger partial charge on any atom is 0.238 e. The Kier molecular flexibility index (Phi) is 3.88. The van der Waals surface area contributed by atoms with E-state index >= 15 is 0 Å². The zero-order valence-corrected chi connectivity index (χ0v) is 10.0. The van der Waals surface area contributed by atoms with Crippen LogP contribution in [0.5, 0.6) is 0 Å². The highest BCUT2D eigenvalue weighted by molar-refractivity contribution is 5.92. The van der Waals surface area contributed by atoms with Crippen LogP contribution < -0.4 is 10.6 Å². The summed E-state index contributed by atoms with van der Waals surface area (Å²) in [5.74, 6) is -1.74. The molecule has 0 saturated carbocycles. The van der Waals surface area contributed by atoms with Gasteiger partial charge in [0.15, 0.2) is 0 Å². The average molecular weight is 255 g/mol. The molecule has 1 aromatic rings. The minimum atomic E-state index is -0.767. The zero-order chi connectivity index (χ0) is 13.1. The normalized spacial score (nSPS) is 15.6. The summed E-state index contributed by atoms with van der Waals surface area (Å²) in [6, 6.07) is 3.41. The largest absolute Gasteiger partial charge is 0.322 e. The minimum Gasteiger partial charge on any atom is -0.322 e. The van der Waals surface area contributed by atoms with Crippen molar-refractivity contribution in [2.24, 2.45) is 0 Å². The standard InChI is InChI=1S/C12H15F2N3O/c1-17(9-5-15-6-9)7-12(18)16-11-3-2-8(13)4-10(11)14/h2-4,9,15H,5-7H2,1H3,(H,16,18). The summed E-state index contributed by atoms with van der Waals surface area (Å²) in [4.78, 5) is 13.6. The van der Waals surface area contributed by atoms with E-state index in [1.807, 2.05) is 11.9 Å². The number of rotatable bonds is 4. The summed E-state index contributed by atoms with van der Waals surface area (Å²) < 4.78 is 26.0. The highest BCUT2D eigenvalue weighted by Crippen LogP contribution is 2.14. The van der Waals surface area contributed by atoms with Crippen LogP contribution in [0.4, 0.5) is 14.5 Å². The van der Waals surface area contributed by atoms with Gasteiger partial charge >= 0.3 is 0 Å². The van der Waals surface area contributed by atoms with E-state index in [2.05, 4.69) is 10.6 Å². The molecular weight excluding hydrogens is 240 g/mol. The fraction of sp³-hybridized carbons (Fsp3) is 0.417.